The summed E-state index contributed by atoms with van der Waals surface area (Å²) >= 11 is 0. The van der Waals surface area contributed by atoms with Gasteiger partial charge in [-0.2, -0.15) is 0 Å². The number of nitrogen functional groups attached to an aromatic ring is 1. The summed E-state index contributed by atoms with van der Waals surface area (Å²) in [5, 5.41) is 8.25. The molecule has 0 saturated carbocycles. The van der Waals surface area contributed by atoms with Gasteiger partial charge in [0.25, 0.3) is 5.91 Å². The van der Waals surface area contributed by atoms with Crippen molar-refractivity contribution in [3.05, 3.63) is 83.8 Å². The smallest absolute Gasteiger partial charge is 0.315 e. The molecule has 5 N–H and O–H groups in total. The molecule has 0 fully saturated rings. The standard InChI is InChI=1S/C20H20N6O2/c21-18-17(4-2-10-23-18)26-19(27)16-7-5-14(6-8-16)12-24-20(28)25-13-15-3-1-9-22-11-15/h1-11H,12-13H2,(H2,21,23)(H,26,27)(H2,24,25,28). The van der Waals surface area contributed by atoms with Crippen molar-refractivity contribution in [2.75, 3.05) is 11.1 Å². The molecule has 28 heavy (non-hydrogen) atoms. The van der Waals surface area contributed by atoms with Gasteiger partial charge < -0.3 is 21.7 Å². The summed E-state index contributed by atoms with van der Waals surface area (Å²) in [5.74, 6) is -0.0256. The highest BCUT2D eigenvalue weighted by molar-refractivity contribution is 6.05. The fourth-order valence-electron chi connectivity index (χ4n) is 2.42. The molecular weight excluding hydrogens is 356 g/mol. The van der Waals surface area contributed by atoms with Crippen molar-refractivity contribution in [1.82, 2.24) is 20.6 Å². The average Bonchev–Trinajstić information content (AvgIpc) is 2.73. The van der Waals surface area contributed by atoms with E-state index in [9.17, 15) is 9.59 Å². The van der Waals surface area contributed by atoms with Crippen LogP contribution in [-0.4, -0.2) is 21.9 Å². The number of benzene rings is 1. The lowest BCUT2D eigenvalue weighted by Crippen LogP contribution is -2.34. The van der Waals surface area contributed by atoms with Crippen LogP contribution in [-0.2, 0) is 13.1 Å². The van der Waals surface area contributed by atoms with Gasteiger partial charge in [0.05, 0.1) is 5.69 Å². The first-order chi connectivity index (χ1) is 13.6. The summed E-state index contributed by atoms with van der Waals surface area (Å²) in [4.78, 5) is 32.1. The molecule has 1 aromatic carbocycles. The summed E-state index contributed by atoms with van der Waals surface area (Å²) in [6.45, 7) is 0.743. The van der Waals surface area contributed by atoms with E-state index in [4.69, 9.17) is 5.73 Å². The first-order valence-electron chi connectivity index (χ1n) is 8.63. The van der Waals surface area contributed by atoms with Gasteiger partial charge in [-0.3, -0.25) is 9.78 Å². The topological polar surface area (TPSA) is 122 Å². The van der Waals surface area contributed by atoms with Crippen LogP contribution < -0.4 is 21.7 Å². The number of pyridine rings is 2. The Labute approximate surface area is 162 Å². The van der Waals surface area contributed by atoms with Crippen molar-refractivity contribution in [2.24, 2.45) is 0 Å². The van der Waals surface area contributed by atoms with Crippen LogP contribution in [0.5, 0.6) is 0 Å². The van der Waals surface area contributed by atoms with E-state index < -0.39 is 0 Å². The number of nitrogens with zero attached hydrogens (tertiary/aromatic N) is 2. The lowest BCUT2D eigenvalue weighted by atomic mass is 10.1. The second-order valence-corrected chi connectivity index (χ2v) is 5.98. The SMILES string of the molecule is Nc1ncccc1NC(=O)c1ccc(CNC(=O)NCc2cccnc2)cc1. The van der Waals surface area contributed by atoms with Crippen molar-refractivity contribution >= 4 is 23.4 Å². The maximum Gasteiger partial charge on any atom is 0.315 e. The fraction of sp³-hybridized carbons (Fsp3) is 0.100. The van der Waals surface area contributed by atoms with Crippen LogP contribution in [0.2, 0.25) is 0 Å². The van der Waals surface area contributed by atoms with E-state index >= 15 is 0 Å². The Kier molecular flexibility index (Phi) is 6.14. The van der Waals surface area contributed by atoms with Gasteiger partial charge in [0.2, 0.25) is 0 Å². The van der Waals surface area contributed by atoms with Gasteiger partial charge in [-0.1, -0.05) is 18.2 Å². The first-order valence-corrected chi connectivity index (χ1v) is 8.63. The predicted octanol–water partition coefficient (Wildman–Crippen LogP) is 2.31. The second kappa shape index (κ2) is 9.13. The maximum atomic E-state index is 12.3. The van der Waals surface area contributed by atoms with Gasteiger partial charge >= 0.3 is 6.03 Å². The molecule has 2 heterocycles. The molecule has 0 unspecified atom stereocenters. The zero-order chi connectivity index (χ0) is 19.8. The predicted molar refractivity (Wildman–Crippen MR) is 106 cm³/mol. The van der Waals surface area contributed by atoms with Gasteiger partial charge in [0, 0.05) is 37.2 Å². The number of hydrogen-bond donors (Lipinski definition) is 4. The van der Waals surface area contributed by atoms with Crippen molar-refractivity contribution < 1.29 is 9.59 Å². The molecule has 142 valence electrons. The Bertz CT molecular complexity index is 944. The monoisotopic (exact) mass is 376 g/mol. The van der Waals surface area contributed by atoms with E-state index in [1.807, 2.05) is 12.1 Å². The quantitative estimate of drug-likeness (QED) is 0.526. The Morgan fingerprint density at radius 3 is 2.29 bits per heavy atom. The second-order valence-electron chi connectivity index (χ2n) is 5.98. The number of urea groups is 1. The molecule has 0 atom stereocenters. The van der Waals surface area contributed by atoms with Crippen molar-refractivity contribution in [3.8, 4) is 0 Å². The number of nitrogens with two attached hydrogens (primary N) is 1. The number of amides is 3. The zero-order valence-corrected chi connectivity index (χ0v) is 15.1. The molecule has 3 aromatic rings. The lowest BCUT2D eigenvalue weighted by Gasteiger charge is -2.09. The van der Waals surface area contributed by atoms with Crippen molar-refractivity contribution in [1.29, 1.82) is 0 Å². The van der Waals surface area contributed by atoms with E-state index in [-0.39, 0.29) is 17.8 Å². The first kappa shape index (κ1) is 18.8. The number of rotatable bonds is 6. The van der Waals surface area contributed by atoms with E-state index in [0.29, 0.717) is 24.3 Å². The Morgan fingerprint density at radius 2 is 1.61 bits per heavy atom. The molecule has 0 aliphatic rings. The minimum Gasteiger partial charge on any atom is -0.382 e. The third-order valence-electron chi connectivity index (χ3n) is 3.93. The summed E-state index contributed by atoms with van der Waals surface area (Å²) in [6.07, 6.45) is 4.93. The van der Waals surface area contributed by atoms with Crippen LogP contribution in [0.15, 0.2) is 67.1 Å². The van der Waals surface area contributed by atoms with Gasteiger partial charge in [-0.25, -0.2) is 9.78 Å². The van der Waals surface area contributed by atoms with Gasteiger partial charge in [-0.15, -0.1) is 0 Å². The fourth-order valence-corrected chi connectivity index (χ4v) is 2.42. The van der Waals surface area contributed by atoms with Crippen molar-refractivity contribution in [2.45, 2.75) is 13.1 Å². The normalized spacial score (nSPS) is 10.1. The van der Waals surface area contributed by atoms with Gasteiger partial charge in [0.1, 0.15) is 5.82 Å². The van der Waals surface area contributed by atoms with Crippen molar-refractivity contribution in [3.63, 3.8) is 0 Å². The summed E-state index contributed by atoms with van der Waals surface area (Å²) in [5.41, 5.74) is 8.45. The van der Waals surface area contributed by atoms with E-state index in [1.54, 1.807) is 55.0 Å². The number of carbonyl (C=O) groups excluding carboxylic acids is 2. The molecule has 0 spiro atoms. The number of carbonyl (C=O) groups is 2. The molecule has 3 rings (SSSR count). The highest BCUT2D eigenvalue weighted by atomic mass is 16.2. The zero-order valence-electron chi connectivity index (χ0n) is 15.1. The Morgan fingerprint density at radius 1 is 0.893 bits per heavy atom. The van der Waals surface area contributed by atoms with Crippen LogP contribution in [0.3, 0.4) is 0 Å². The van der Waals surface area contributed by atoms with E-state index in [2.05, 4.69) is 25.9 Å². The lowest BCUT2D eigenvalue weighted by molar-refractivity contribution is 0.102. The molecule has 0 radical (unpaired) electrons. The molecule has 3 amide bonds. The minimum absolute atomic E-state index is 0.258. The van der Waals surface area contributed by atoms with E-state index in [1.165, 1.54) is 0 Å². The molecular formula is C20H20N6O2. The molecule has 0 bridgehead atoms. The van der Waals surface area contributed by atoms with Crippen LogP contribution in [0, 0.1) is 0 Å². The third-order valence-corrected chi connectivity index (χ3v) is 3.93. The molecule has 0 saturated heterocycles. The number of anilines is 2. The van der Waals surface area contributed by atoms with Crippen LogP contribution in [0.1, 0.15) is 21.5 Å². The molecule has 0 aliphatic heterocycles. The third kappa shape index (κ3) is 5.28. The highest BCUT2D eigenvalue weighted by Crippen LogP contribution is 2.15. The van der Waals surface area contributed by atoms with E-state index in [0.717, 1.165) is 11.1 Å². The average molecular weight is 376 g/mol. The Hall–Kier alpha value is -3.94. The highest BCUT2D eigenvalue weighted by Gasteiger charge is 2.08. The number of nitrogens with one attached hydrogen (secondary N) is 3. The largest absolute Gasteiger partial charge is 0.382 e. The van der Waals surface area contributed by atoms with Crippen LogP contribution in [0.25, 0.3) is 0 Å². The summed E-state index contributed by atoms with van der Waals surface area (Å²) in [6, 6.07) is 13.7. The van der Waals surface area contributed by atoms with Gasteiger partial charge in [-0.05, 0) is 41.5 Å². The summed E-state index contributed by atoms with van der Waals surface area (Å²) in [7, 11) is 0. The maximum absolute atomic E-state index is 12.3. The minimum atomic E-state index is -0.284. The molecule has 8 nitrogen and oxygen atoms in total. The van der Waals surface area contributed by atoms with Crippen LogP contribution in [0.4, 0.5) is 16.3 Å². The number of hydrogen-bond acceptors (Lipinski definition) is 5. The number of aromatic nitrogens is 2. The summed E-state index contributed by atoms with van der Waals surface area (Å²) < 4.78 is 0. The van der Waals surface area contributed by atoms with Crippen LogP contribution >= 0.6 is 0 Å². The molecule has 2 aromatic heterocycles. The Balaban J connectivity index is 1.48. The molecule has 0 aliphatic carbocycles. The van der Waals surface area contributed by atoms with Gasteiger partial charge in [0.15, 0.2) is 0 Å². The molecule has 8 heteroatoms.